The Kier molecular flexibility index (Phi) is 3.96. The average Bonchev–Trinajstić information content (AvgIpc) is 2.81. The molecular weight excluding hydrogens is 284 g/mol. The maximum atomic E-state index is 4.43. The molecule has 0 aromatic carbocycles. The summed E-state index contributed by atoms with van der Waals surface area (Å²) in [6, 6.07) is 6.22. The molecule has 0 spiro atoms. The zero-order valence-electron chi connectivity index (χ0n) is 9.06. The molecule has 0 unspecified atom stereocenters. The van der Waals surface area contributed by atoms with Gasteiger partial charge in [0.15, 0.2) is 0 Å². The third-order valence-corrected chi connectivity index (χ3v) is 3.71. The van der Waals surface area contributed by atoms with Gasteiger partial charge in [0.2, 0.25) is 0 Å². The summed E-state index contributed by atoms with van der Waals surface area (Å²) < 4.78 is 0. The molecule has 0 amide bonds. The van der Waals surface area contributed by atoms with Crippen LogP contribution in [0.2, 0.25) is 0 Å². The summed E-state index contributed by atoms with van der Waals surface area (Å²) in [7, 11) is 2.08. The topological polar surface area (TPSA) is 16.1 Å². The summed E-state index contributed by atoms with van der Waals surface area (Å²) in [5.41, 5.74) is 2.55. The van der Waals surface area contributed by atoms with Gasteiger partial charge in [0.1, 0.15) is 5.82 Å². The van der Waals surface area contributed by atoms with E-state index in [2.05, 4.69) is 55.8 Å². The SMILES string of the molecule is CN(Cc1ccsc1)c1ncccc1CBr. The van der Waals surface area contributed by atoms with Gasteiger partial charge in [-0.2, -0.15) is 11.3 Å². The first-order chi connectivity index (χ1) is 7.81. The van der Waals surface area contributed by atoms with Crippen LogP contribution in [0.1, 0.15) is 11.1 Å². The monoisotopic (exact) mass is 296 g/mol. The van der Waals surface area contributed by atoms with Crippen molar-refractivity contribution in [1.82, 2.24) is 4.98 Å². The van der Waals surface area contributed by atoms with Crippen molar-refractivity contribution in [2.24, 2.45) is 0 Å². The maximum absolute atomic E-state index is 4.43. The lowest BCUT2D eigenvalue weighted by Crippen LogP contribution is -2.18. The Hall–Kier alpha value is -0.870. The number of thiophene rings is 1. The summed E-state index contributed by atoms with van der Waals surface area (Å²) in [5.74, 6) is 1.05. The quantitative estimate of drug-likeness (QED) is 0.800. The number of pyridine rings is 1. The second-order valence-corrected chi connectivity index (χ2v) is 4.95. The normalized spacial score (nSPS) is 10.4. The molecule has 2 nitrogen and oxygen atoms in total. The van der Waals surface area contributed by atoms with E-state index in [0.29, 0.717) is 0 Å². The molecule has 0 aliphatic rings. The minimum Gasteiger partial charge on any atom is -0.355 e. The van der Waals surface area contributed by atoms with E-state index in [1.54, 1.807) is 11.3 Å². The molecule has 16 heavy (non-hydrogen) atoms. The van der Waals surface area contributed by atoms with Crippen LogP contribution in [0.5, 0.6) is 0 Å². The molecule has 2 heterocycles. The number of alkyl halides is 1. The zero-order chi connectivity index (χ0) is 11.4. The average molecular weight is 297 g/mol. The molecule has 0 bridgehead atoms. The highest BCUT2D eigenvalue weighted by atomic mass is 79.9. The Balaban J connectivity index is 2.17. The van der Waals surface area contributed by atoms with Crippen molar-refractivity contribution in [3.63, 3.8) is 0 Å². The summed E-state index contributed by atoms with van der Waals surface area (Å²) in [6.07, 6.45) is 1.84. The molecule has 84 valence electrons. The summed E-state index contributed by atoms with van der Waals surface area (Å²) in [6.45, 7) is 0.903. The van der Waals surface area contributed by atoms with Gasteiger partial charge < -0.3 is 4.90 Å². The number of halogens is 1. The first-order valence-electron chi connectivity index (χ1n) is 5.03. The number of hydrogen-bond acceptors (Lipinski definition) is 3. The minimum absolute atomic E-state index is 0.837. The predicted octanol–water partition coefficient (Wildman–Crippen LogP) is 3.67. The molecule has 0 aliphatic heterocycles. The van der Waals surface area contributed by atoms with Gasteiger partial charge in [-0.15, -0.1) is 0 Å². The Morgan fingerprint density at radius 3 is 3.00 bits per heavy atom. The Morgan fingerprint density at radius 1 is 1.44 bits per heavy atom. The largest absolute Gasteiger partial charge is 0.355 e. The van der Waals surface area contributed by atoms with Crippen molar-refractivity contribution in [1.29, 1.82) is 0 Å². The first-order valence-corrected chi connectivity index (χ1v) is 7.09. The van der Waals surface area contributed by atoms with Gasteiger partial charge in [0.25, 0.3) is 0 Å². The third kappa shape index (κ3) is 2.62. The van der Waals surface area contributed by atoms with Crippen molar-refractivity contribution in [2.75, 3.05) is 11.9 Å². The van der Waals surface area contributed by atoms with E-state index < -0.39 is 0 Å². The van der Waals surface area contributed by atoms with Crippen LogP contribution in [0.4, 0.5) is 5.82 Å². The summed E-state index contributed by atoms with van der Waals surface area (Å²) in [4.78, 5) is 6.61. The van der Waals surface area contributed by atoms with Crippen molar-refractivity contribution >= 4 is 33.1 Å². The third-order valence-electron chi connectivity index (χ3n) is 2.37. The Morgan fingerprint density at radius 2 is 2.31 bits per heavy atom. The highest BCUT2D eigenvalue weighted by Crippen LogP contribution is 2.20. The minimum atomic E-state index is 0.837. The molecule has 0 radical (unpaired) electrons. The van der Waals surface area contributed by atoms with Crippen LogP contribution in [0.15, 0.2) is 35.2 Å². The van der Waals surface area contributed by atoms with E-state index in [0.717, 1.165) is 17.7 Å². The highest BCUT2D eigenvalue weighted by Gasteiger charge is 2.08. The van der Waals surface area contributed by atoms with Crippen molar-refractivity contribution < 1.29 is 0 Å². The van der Waals surface area contributed by atoms with E-state index in [-0.39, 0.29) is 0 Å². The maximum Gasteiger partial charge on any atom is 0.132 e. The van der Waals surface area contributed by atoms with E-state index >= 15 is 0 Å². The van der Waals surface area contributed by atoms with Gasteiger partial charge in [-0.05, 0) is 28.5 Å². The second kappa shape index (κ2) is 5.46. The fourth-order valence-electron chi connectivity index (χ4n) is 1.61. The lowest BCUT2D eigenvalue weighted by atomic mass is 10.2. The van der Waals surface area contributed by atoms with Crippen LogP contribution >= 0.6 is 27.3 Å². The van der Waals surface area contributed by atoms with Crippen LogP contribution in [0.3, 0.4) is 0 Å². The summed E-state index contributed by atoms with van der Waals surface area (Å²) >= 11 is 5.22. The molecule has 2 aromatic rings. The number of nitrogens with zero attached hydrogens (tertiary/aromatic N) is 2. The van der Waals surface area contributed by atoms with E-state index in [1.165, 1.54) is 11.1 Å². The number of aromatic nitrogens is 1. The standard InChI is InChI=1S/C12H13BrN2S/c1-15(8-10-4-6-16-9-10)12-11(7-13)3-2-5-14-12/h2-6,9H,7-8H2,1H3. The molecule has 2 aromatic heterocycles. The van der Waals surface area contributed by atoms with Gasteiger partial charge >= 0.3 is 0 Å². The van der Waals surface area contributed by atoms with Gasteiger partial charge in [-0.25, -0.2) is 4.98 Å². The molecule has 0 fully saturated rings. The smallest absolute Gasteiger partial charge is 0.132 e. The summed E-state index contributed by atoms with van der Waals surface area (Å²) in [5, 5.41) is 5.12. The molecule has 0 atom stereocenters. The van der Waals surface area contributed by atoms with Gasteiger partial charge in [-0.3, -0.25) is 0 Å². The molecule has 0 saturated carbocycles. The lowest BCUT2D eigenvalue weighted by Gasteiger charge is -2.19. The Bertz CT molecular complexity index is 442. The number of rotatable bonds is 4. The number of anilines is 1. The fraction of sp³-hybridized carbons (Fsp3) is 0.250. The van der Waals surface area contributed by atoms with Crippen LogP contribution in [0.25, 0.3) is 0 Å². The lowest BCUT2D eigenvalue weighted by molar-refractivity contribution is 0.893. The van der Waals surface area contributed by atoms with E-state index in [4.69, 9.17) is 0 Å². The molecule has 0 N–H and O–H groups in total. The molecule has 0 aliphatic carbocycles. The van der Waals surface area contributed by atoms with Gasteiger partial charge in [-0.1, -0.05) is 22.0 Å². The molecule has 0 saturated heterocycles. The van der Waals surface area contributed by atoms with Crippen LogP contribution < -0.4 is 4.90 Å². The van der Waals surface area contributed by atoms with Crippen molar-refractivity contribution in [2.45, 2.75) is 11.9 Å². The Labute approximate surface area is 108 Å². The zero-order valence-corrected chi connectivity index (χ0v) is 11.5. The molecule has 4 heteroatoms. The van der Waals surface area contributed by atoms with E-state index in [9.17, 15) is 0 Å². The van der Waals surface area contributed by atoms with Crippen LogP contribution in [0, 0.1) is 0 Å². The van der Waals surface area contributed by atoms with Crippen molar-refractivity contribution in [3.05, 3.63) is 46.3 Å². The molecular formula is C12H13BrN2S. The number of hydrogen-bond donors (Lipinski definition) is 0. The van der Waals surface area contributed by atoms with Crippen LogP contribution in [-0.2, 0) is 11.9 Å². The van der Waals surface area contributed by atoms with Gasteiger partial charge in [0.05, 0.1) is 0 Å². The highest BCUT2D eigenvalue weighted by molar-refractivity contribution is 9.08. The van der Waals surface area contributed by atoms with E-state index in [1.807, 2.05) is 12.3 Å². The predicted molar refractivity (Wildman–Crippen MR) is 73.3 cm³/mol. The van der Waals surface area contributed by atoms with Crippen LogP contribution in [-0.4, -0.2) is 12.0 Å². The second-order valence-electron chi connectivity index (χ2n) is 3.61. The molecule has 2 rings (SSSR count). The van der Waals surface area contributed by atoms with Crippen molar-refractivity contribution in [3.8, 4) is 0 Å². The fourth-order valence-corrected chi connectivity index (χ4v) is 2.71. The first kappa shape index (κ1) is 11.6. The van der Waals surface area contributed by atoms with Gasteiger partial charge in [0, 0.05) is 30.7 Å².